The maximum Gasteiger partial charge on any atom is 0.251 e. The molecule has 1 aromatic carbocycles. The Morgan fingerprint density at radius 2 is 1.66 bits per heavy atom. The molecule has 162 valence electrons. The van der Waals surface area contributed by atoms with Gasteiger partial charge in [-0.3, -0.25) is 9.59 Å². The molecule has 1 fully saturated rings. The summed E-state index contributed by atoms with van der Waals surface area (Å²) in [5, 5.41) is 5.52. The highest BCUT2D eigenvalue weighted by Gasteiger charge is 2.25. The molecule has 0 spiro atoms. The Balaban J connectivity index is 1.87. The quantitative estimate of drug-likeness (QED) is 0.598. The molecule has 0 aromatic heterocycles. The molecule has 3 N–H and O–H groups in total. The third-order valence-electron chi connectivity index (χ3n) is 5.45. The first-order chi connectivity index (χ1) is 13.5. The van der Waals surface area contributed by atoms with Crippen LogP contribution < -0.4 is 15.4 Å². The van der Waals surface area contributed by atoms with E-state index in [1.165, 1.54) is 0 Å². The molecular formula is C21H33N3O4S. The highest BCUT2D eigenvalue weighted by molar-refractivity contribution is 7.90. The molecular weight excluding hydrogens is 390 g/mol. The van der Waals surface area contributed by atoms with Crippen LogP contribution in [0.25, 0.3) is 0 Å². The van der Waals surface area contributed by atoms with Gasteiger partial charge in [0.1, 0.15) is 5.75 Å². The molecule has 29 heavy (non-hydrogen) atoms. The highest BCUT2D eigenvalue weighted by atomic mass is 32.2. The van der Waals surface area contributed by atoms with Crippen molar-refractivity contribution in [2.75, 3.05) is 11.1 Å². The molecule has 0 bridgehead atoms. The monoisotopic (exact) mass is 423 g/mol. The van der Waals surface area contributed by atoms with Crippen LogP contribution in [0.3, 0.4) is 0 Å². The van der Waals surface area contributed by atoms with Gasteiger partial charge in [0.25, 0.3) is 5.91 Å². The van der Waals surface area contributed by atoms with Gasteiger partial charge < -0.3 is 10.6 Å². The van der Waals surface area contributed by atoms with Gasteiger partial charge in [0.2, 0.25) is 15.9 Å². The van der Waals surface area contributed by atoms with Crippen LogP contribution in [-0.2, 0) is 14.8 Å². The molecule has 1 saturated carbocycles. The number of sulfonamides is 1. The minimum absolute atomic E-state index is 0.0887. The van der Waals surface area contributed by atoms with Crippen LogP contribution >= 0.6 is 0 Å². The standard InChI is InChI=1S/C21H33N3O4S/c1-5-21(3,4)23-20(26)16-8-12-17(13-9-16)22-19(25)14-29(27,28)24-18-10-6-15(2)7-11-18/h8-9,12-13,15,18,24H,5-7,10-11,14H2,1-4H3,(H,22,25)(H,23,26). The van der Waals surface area contributed by atoms with Crippen molar-refractivity contribution in [3.63, 3.8) is 0 Å². The minimum atomic E-state index is -3.69. The third-order valence-corrected chi connectivity index (χ3v) is 6.78. The Hall–Kier alpha value is -1.93. The van der Waals surface area contributed by atoms with E-state index in [1.54, 1.807) is 24.3 Å². The van der Waals surface area contributed by atoms with E-state index in [4.69, 9.17) is 0 Å². The molecule has 0 unspecified atom stereocenters. The predicted octanol–water partition coefficient (Wildman–Crippen LogP) is 3.04. The highest BCUT2D eigenvalue weighted by Crippen LogP contribution is 2.23. The molecule has 8 heteroatoms. The molecule has 1 aromatic rings. The summed E-state index contributed by atoms with van der Waals surface area (Å²) in [7, 11) is -3.69. The van der Waals surface area contributed by atoms with Crippen molar-refractivity contribution < 1.29 is 18.0 Å². The van der Waals surface area contributed by atoms with Crippen molar-refractivity contribution in [1.82, 2.24) is 10.0 Å². The number of hydrogen-bond donors (Lipinski definition) is 3. The lowest BCUT2D eigenvalue weighted by Gasteiger charge is -2.26. The lowest BCUT2D eigenvalue weighted by atomic mass is 9.88. The molecule has 0 aliphatic heterocycles. The van der Waals surface area contributed by atoms with Gasteiger partial charge in [-0.25, -0.2) is 13.1 Å². The molecule has 1 aliphatic rings. The third kappa shape index (κ3) is 7.78. The van der Waals surface area contributed by atoms with Crippen LogP contribution in [0.15, 0.2) is 24.3 Å². The molecule has 1 aliphatic carbocycles. The van der Waals surface area contributed by atoms with E-state index in [1.807, 2.05) is 20.8 Å². The van der Waals surface area contributed by atoms with E-state index in [9.17, 15) is 18.0 Å². The Labute approximate surface area is 174 Å². The summed E-state index contributed by atoms with van der Waals surface area (Å²) in [5.41, 5.74) is 0.621. The number of carbonyl (C=O) groups excluding carboxylic acids is 2. The fourth-order valence-electron chi connectivity index (χ4n) is 3.22. The van der Waals surface area contributed by atoms with E-state index in [0.29, 0.717) is 17.2 Å². The number of rotatable bonds is 8. The maximum absolute atomic E-state index is 12.3. The maximum atomic E-state index is 12.3. The SMILES string of the molecule is CCC(C)(C)NC(=O)c1ccc(NC(=O)CS(=O)(=O)NC2CCC(C)CC2)cc1. The van der Waals surface area contributed by atoms with Crippen molar-refractivity contribution in [3.8, 4) is 0 Å². The topological polar surface area (TPSA) is 104 Å². The Bertz CT molecular complexity index is 811. The zero-order valence-corrected chi connectivity index (χ0v) is 18.6. The fourth-order valence-corrected chi connectivity index (χ4v) is 4.46. The van der Waals surface area contributed by atoms with Crippen LogP contribution in [0.5, 0.6) is 0 Å². The van der Waals surface area contributed by atoms with Crippen molar-refractivity contribution in [2.24, 2.45) is 5.92 Å². The van der Waals surface area contributed by atoms with Gasteiger partial charge >= 0.3 is 0 Å². The van der Waals surface area contributed by atoms with Crippen LogP contribution in [0.4, 0.5) is 5.69 Å². The summed E-state index contributed by atoms with van der Waals surface area (Å²) in [6, 6.07) is 6.30. The summed E-state index contributed by atoms with van der Waals surface area (Å²) in [6.07, 6.45) is 4.40. The van der Waals surface area contributed by atoms with Gasteiger partial charge in [0.05, 0.1) is 0 Å². The van der Waals surface area contributed by atoms with Gasteiger partial charge in [-0.2, -0.15) is 0 Å². The minimum Gasteiger partial charge on any atom is -0.347 e. The molecule has 7 nitrogen and oxygen atoms in total. The number of anilines is 1. The number of nitrogens with one attached hydrogen (secondary N) is 3. The smallest absolute Gasteiger partial charge is 0.251 e. The van der Waals surface area contributed by atoms with Gasteiger partial charge in [-0.1, -0.05) is 13.8 Å². The summed E-state index contributed by atoms with van der Waals surface area (Å²) < 4.78 is 27.2. The van der Waals surface area contributed by atoms with E-state index < -0.39 is 21.7 Å². The van der Waals surface area contributed by atoms with Gasteiger partial charge in [0.15, 0.2) is 0 Å². The van der Waals surface area contributed by atoms with Gasteiger partial charge in [0, 0.05) is 22.8 Å². The predicted molar refractivity (Wildman–Crippen MR) is 115 cm³/mol. The number of amides is 2. The van der Waals surface area contributed by atoms with Crippen LogP contribution in [0, 0.1) is 5.92 Å². The molecule has 0 saturated heterocycles. The summed E-state index contributed by atoms with van der Waals surface area (Å²) in [6.45, 7) is 8.05. The molecule has 2 amide bonds. The number of hydrogen-bond acceptors (Lipinski definition) is 4. The zero-order chi connectivity index (χ0) is 21.7. The molecule has 2 rings (SSSR count). The largest absolute Gasteiger partial charge is 0.347 e. The van der Waals surface area contributed by atoms with E-state index in [-0.39, 0.29) is 17.5 Å². The van der Waals surface area contributed by atoms with E-state index in [2.05, 4.69) is 22.3 Å². The van der Waals surface area contributed by atoms with Gasteiger partial charge in [-0.15, -0.1) is 0 Å². The second-order valence-corrected chi connectivity index (χ2v) is 10.4. The second-order valence-electron chi connectivity index (χ2n) is 8.65. The summed E-state index contributed by atoms with van der Waals surface area (Å²) >= 11 is 0. The normalized spacial score (nSPS) is 20.1. The lowest BCUT2D eigenvalue weighted by molar-refractivity contribution is -0.113. The first-order valence-corrected chi connectivity index (χ1v) is 11.9. The first kappa shape index (κ1) is 23.3. The number of benzene rings is 1. The van der Waals surface area contributed by atoms with Crippen LogP contribution in [-0.4, -0.2) is 37.6 Å². The van der Waals surface area contributed by atoms with Crippen molar-refractivity contribution in [3.05, 3.63) is 29.8 Å². The Morgan fingerprint density at radius 3 is 2.21 bits per heavy atom. The molecule has 0 atom stereocenters. The lowest BCUT2D eigenvalue weighted by Crippen LogP contribution is -2.42. The van der Waals surface area contributed by atoms with E-state index >= 15 is 0 Å². The van der Waals surface area contributed by atoms with Crippen LogP contribution in [0.2, 0.25) is 0 Å². The summed E-state index contributed by atoms with van der Waals surface area (Å²) in [4.78, 5) is 24.4. The van der Waals surface area contributed by atoms with Crippen molar-refractivity contribution in [2.45, 2.75) is 71.4 Å². The average Bonchev–Trinajstić information content (AvgIpc) is 2.63. The Kier molecular flexibility index (Phi) is 7.82. The molecule has 0 radical (unpaired) electrons. The summed E-state index contributed by atoms with van der Waals surface area (Å²) in [5.74, 6) is -0.794. The fraction of sp³-hybridized carbons (Fsp3) is 0.619. The number of carbonyl (C=O) groups is 2. The van der Waals surface area contributed by atoms with Crippen LogP contribution in [0.1, 0.15) is 70.2 Å². The Morgan fingerprint density at radius 1 is 1.07 bits per heavy atom. The average molecular weight is 424 g/mol. The first-order valence-electron chi connectivity index (χ1n) is 10.2. The van der Waals surface area contributed by atoms with E-state index in [0.717, 1.165) is 32.1 Å². The molecule has 0 heterocycles. The van der Waals surface area contributed by atoms with Gasteiger partial charge in [-0.05, 0) is 76.1 Å². The second kappa shape index (κ2) is 9.71. The van der Waals surface area contributed by atoms with Crippen molar-refractivity contribution >= 4 is 27.5 Å². The van der Waals surface area contributed by atoms with Crippen molar-refractivity contribution in [1.29, 1.82) is 0 Å². The zero-order valence-electron chi connectivity index (χ0n) is 17.7.